The Balaban J connectivity index is 1.87. The maximum atomic E-state index is 3.39. The molecule has 1 saturated carbocycles. The number of rotatable bonds is 1. The highest BCUT2D eigenvalue weighted by molar-refractivity contribution is 4.86. The summed E-state index contributed by atoms with van der Waals surface area (Å²) < 4.78 is 0. The molecule has 2 unspecified atom stereocenters. The number of hydrogen-bond donors (Lipinski definition) is 1. The first-order valence-electron chi connectivity index (χ1n) is 5.46. The molecule has 0 spiro atoms. The zero-order valence-corrected chi connectivity index (χ0v) is 8.34. The van der Waals surface area contributed by atoms with E-state index in [2.05, 4.69) is 19.2 Å². The van der Waals surface area contributed by atoms with Gasteiger partial charge in [-0.15, -0.1) is 0 Å². The van der Waals surface area contributed by atoms with Gasteiger partial charge in [-0.2, -0.15) is 0 Å². The molecular weight excluding hydrogens is 146 g/mol. The highest BCUT2D eigenvalue weighted by atomic mass is 15.0. The minimum atomic E-state index is 0.986. The van der Waals surface area contributed by atoms with Gasteiger partial charge in [0.25, 0.3) is 0 Å². The van der Waals surface area contributed by atoms with Crippen LogP contribution in [-0.2, 0) is 0 Å². The van der Waals surface area contributed by atoms with Gasteiger partial charge in [0, 0.05) is 0 Å². The Hall–Kier alpha value is -0.0400. The molecule has 70 valence electrons. The lowest BCUT2D eigenvalue weighted by Gasteiger charge is -2.41. The van der Waals surface area contributed by atoms with E-state index in [0.29, 0.717) is 0 Å². The van der Waals surface area contributed by atoms with E-state index >= 15 is 0 Å². The largest absolute Gasteiger partial charge is 0.316 e. The first-order valence-corrected chi connectivity index (χ1v) is 5.46. The third-order valence-electron chi connectivity index (χ3n) is 3.69. The quantitative estimate of drug-likeness (QED) is 0.632. The molecule has 1 aliphatic carbocycles. The highest BCUT2D eigenvalue weighted by Crippen LogP contribution is 2.37. The summed E-state index contributed by atoms with van der Waals surface area (Å²) in [6, 6.07) is 0. The molecule has 2 atom stereocenters. The summed E-state index contributed by atoms with van der Waals surface area (Å²) in [5.74, 6) is 4.04. The average Bonchev–Trinajstić information content (AvgIpc) is 1.79. The molecule has 12 heavy (non-hydrogen) atoms. The monoisotopic (exact) mass is 167 g/mol. The summed E-state index contributed by atoms with van der Waals surface area (Å²) in [5, 5.41) is 3.39. The van der Waals surface area contributed by atoms with Gasteiger partial charge in [-0.1, -0.05) is 13.8 Å². The predicted molar refractivity (Wildman–Crippen MR) is 52.0 cm³/mol. The van der Waals surface area contributed by atoms with Crippen LogP contribution in [0.1, 0.15) is 33.1 Å². The molecule has 1 aliphatic heterocycles. The van der Waals surface area contributed by atoms with Gasteiger partial charge >= 0.3 is 0 Å². The second-order valence-electron chi connectivity index (χ2n) is 5.10. The SMILES string of the molecule is CC1CC(C)CC(C2CNC2)C1. The van der Waals surface area contributed by atoms with Crippen molar-refractivity contribution in [2.45, 2.75) is 33.1 Å². The summed E-state index contributed by atoms with van der Waals surface area (Å²) in [4.78, 5) is 0. The van der Waals surface area contributed by atoms with Crippen LogP contribution in [0.15, 0.2) is 0 Å². The van der Waals surface area contributed by atoms with Crippen LogP contribution in [-0.4, -0.2) is 13.1 Å². The van der Waals surface area contributed by atoms with Crippen molar-refractivity contribution in [2.75, 3.05) is 13.1 Å². The molecule has 0 amide bonds. The Bertz CT molecular complexity index is 141. The van der Waals surface area contributed by atoms with Crippen molar-refractivity contribution in [2.24, 2.45) is 23.7 Å². The molecule has 1 N–H and O–H groups in total. The van der Waals surface area contributed by atoms with E-state index in [0.717, 1.165) is 23.7 Å². The van der Waals surface area contributed by atoms with Crippen molar-refractivity contribution in [3.8, 4) is 0 Å². The summed E-state index contributed by atoms with van der Waals surface area (Å²) in [5.41, 5.74) is 0. The van der Waals surface area contributed by atoms with Crippen molar-refractivity contribution in [3.63, 3.8) is 0 Å². The maximum Gasteiger partial charge on any atom is -0.000559 e. The molecule has 0 bridgehead atoms. The third-order valence-corrected chi connectivity index (χ3v) is 3.69. The van der Waals surface area contributed by atoms with Gasteiger partial charge in [0.15, 0.2) is 0 Å². The van der Waals surface area contributed by atoms with E-state index in [1.54, 1.807) is 0 Å². The minimum Gasteiger partial charge on any atom is -0.316 e. The predicted octanol–water partition coefficient (Wildman–Crippen LogP) is 2.28. The van der Waals surface area contributed by atoms with Crippen molar-refractivity contribution < 1.29 is 0 Å². The van der Waals surface area contributed by atoms with E-state index in [1.165, 1.54) is 32.4 Å². The molecule has 2 fully saturated rings. The van der Waals surface area contributed by atoms with Gasteiger partial charge in [0.05, 0.1) is 0 Å². The number of nitrogens with one attached hydrogen (secondary N) is 1. The van der Waals surface area contributed by atoms with E-state index in [4.69, 9.17) is 0 Å². The van der Waals surface area contributed by atoms with Gasteiger partial charge in [-0.3, -0.25) is 0 Å². The molecule has 0 radical (unpaired) electrons. The maximum absolute atomic E-state index is 3.39. The first-order chi connectivity index (χ1) is 5.75. The molecule has 0 aromatic carbocycles. The Morgan fingerprint density at radius 1 is 0.833 bits per heavy atom. The Morgan fingerprint density at radius 2 is 1.42 bits per heavy atom. The van der Waals surface area contributed by atoms with Crippen molar-refractivity contribution in [1.29, 1.82) is 0 Å². The molecule has 0 aromatic rings. The summed E-state index contributed by atoms with van der Waals surface area (Å²) in [7, 11) is 0. The zero-order valence-electron chi connectivity index (χ0n) is 8.34. The topological polar surface area (TPSA) is 12.0 Å². The second-order valence-corrected chi connectivity index (χ2v) is 5.10. The summed E-state index contributed by atoms with van der Waals surface area (Å²) in [6.07, 6.45) is 4.46. The molecule has 1 nitrogen and oxygen atoms in total. The van der Waals surface area contributed by atoms with E-state index < -0.39 is 0 Å². The van der Waals surface area contributed by atoms with Crippen LogP contribution in [0.5, 0.6) is 0 Å². The smallest absolute Gasteiger partial charge is 0.000559 e. The van der Waals surface area contributed by atoms with E-state index in [-0.39, 0.29) is 0 Å². The molecule has 1 heteroatoms. The molecule has 2 aliphatic rings. The minimum absolute atomic E-state index is 0.986. The lowest BCUT2D eigenvalue weighted by atomic mass is 9.70. The normalized spacial score (nSPS) is 44.0. The van der Waals surface area contributed by atoms with Crippen molar-refractivity contribution in [1.82, 2.24) is 5.32 Å². The fourth-order valence-corrected chi connectivity index (χ4v) is 3.04. The van der Waals surface area contributed by atoms with Gasteiger partial charge in [-0.25, -0.2) is 0 Å². The highest BCUT2D eigenvalue weighted by Gasteiger charge is 2.32. The fourth-order valence-electron chi connectivity index (χ4n) is 3.04. The Kier molecular flexibility index (Phi) is 2.40. The van der Waals surface area contributed by atoms with Gasteiger partial charge < -0.3 is 5.32 Å². The molecule has 0 aromatic heterocycles. The molecule has 2 rings (SSSR count). The summed E-state index contributed by atoms with van der Waals surface area (Å²) in [6.45, 7) is 7.44. The van der Waals surface area contributed by atoms with Crippen molar-refractivity contribution in [3.05, 3.63) is 0 Å². The Labute approximate surface area is 75.9 Å². The molecule has 1 heterocycles. The standard InChI is InChI=1S/C11H21N/c1-8-3-9(2)5-10(4-8)11-6-12-7-11/h8-12H,3-7H2,1-2H3. The van der Waals surface area contributed by atoms with Gasteiger partial charge in [-0.05, 0) is 56.0 Å². The zero-order chi connectivity index (χ0) is 8.55. The van der Waals surface area contributed by atoms with Crippen LogP contribution in [0.2, 0.25) is 0 Å². The van der Waals surface area contributed by atoms with Crippen LogP contribution in [0.4, 0.5) is 0 Å². The number of hydrogen-bond acceptors (Lipinski definition) is 1. The van der Waals surface area contributed by atoms with Crippen molar-refractivity contribution >= 4 is 0 Å². The van der Waals surface area contributed by atoms with Crippen LogP contribution in [0.3, 0.4) is 0 Å². The fraction of sp³-hybridized carbons (Fsp3) is 1.00. The van der Waals surface area contributed by atoms with E-state index in [9.17, 15) is 0 Å². The summed E-state index contributed by atoms with van der Waals surface area (Å²) >= 11 is 0. The third kappa shape index (κ3) is 1.66. The van der Waals surface area contributed by atoms with Crippen LogP contribution >= 0.6 is 0 Å². The van der Waals surface area contributed by atoms with E-state index in [1.807, 2.05) is 0 Å². The van der Waals surface area contributed by atoms with Gasteiger partial charge in [0.1, 0.15) is 0 Å². The first kappa shape index (κ1) is 8.55. The average molecular weight is 167 g/mol. The van der Waals surface area contributed by atoms with Crippen LogP contribution in [0, 0.1) is 23.7 Å². The molecule has 1 saturated heterocycles. The molecular formula is C11H21N. The second kappa shape index (κ2) is 3.37. The van der Waals surface area contributed by atoms with Crippen LogP contribution in [0.25, 0.3) is 0 Å². The van der Waals surface area contributed by atoms with Crippen LogP contribution < -0.4 is 5.32 Å². The lowest BCUT2D eigenvalue weighted by Crippen LogP contribution is -2.47. The van der Waals surface area contributed by atoms with Gasteiger partial charge in [0.2, 0.25) is 0 Å². The Morgan fingerprint density at radius 3 is 1.83 bits per heavy atom. The lowest BCUT2D eigenvalue weighted by molar-refractivity contribution is 0.124.